The van der Waals surface area contributed by atoms with E-state index >= 15 is 0 Å². The summed E-state index contributed by atoms with van der Waals surface area (Å²) in [5, 5.41) is 19.8. The van der Waals surface area contributed by atoms with Crippen LogP contribution in [0.5, 0.6) is 0 Å². The molecule has 0 aliphatic rings. The molecule has 0 amide bonds. The first-order chi connectivity index (χ1) is 12.2. The number of hydrogen-bond donors (Lipinski definition) is 2. The molecule has 0 saturated carbocycles. The van der Waals surface area contributed by atoms with Crippen molar-refractivity contribution in [3.8, 4) is 0 Å². The predicted octanol–water partition coefficient (Wildman–Crippen LogP) is 6.12. The van der Waals surface area contributed by atoms with Crippen LogP contribution in [0, 0.1) is 0 Å². The lowest BCUT2D eigenvalue weighted by Gasteiger charge is -2.14. The molecule has 0 aliphatic carbocycles. The molecule has 0 aromatic heterocycles. The molecular formula is C22H48O3S. The van der Waals surface area contributed by atoms with E-state index in [1.165, 1.54) is 77.0 Å². The van der Waals surface area contributed by atoms with Crippen LogP contribution < -0.4 is 0 Å². The van der Waals surface area contributed by atoms with Crippen molar-refractivity contribution >= 4 is 13.5 Å². The normalized spacial score (nSPS) is 13.4. The van der Waals surface area contributed by atoms with E-state index in [0.717, 1.165) is 25.7 Å². The van der Waals surface area contributed by atoms with Gasteiger partial charge in [-0.25, -0.2) is 0 Å². The average Bonchev–Trinajstić information content (AvgIpc) is 2.60. The topological polar surface area (TPSA) is 49.7 Å². The van der Waals surface area contributed by atoms with Gasteiger partial charge in [-0.15, -0.1) is 0 Å². The van der Waals surface area contributed by atoms with Gasteiger partial charge in [0.1, 0.15) is 0 Å². The number of aliphatic hydroxyl groups is 2. The van der Waals surface area contributed by atoms with Gasteiger partial charge in [-0.1, -0.05) is 104 Å². The molecule has 0 aromatic carbocycles. The molecule has 0 aliphatic heterocycles. The predicted molar refractivity (Wildman–Crippen MR) is 118 cm³/mol. The zero-order valence-corrected chi connectivity index (χ0v) is 18.7. The second kappa shape index (κ2) is 23.3. The van der Waals surface area contributed by atoms with Crippen LogP contribution in [0.1, 0.15) is 117 Å². The second-order valence-electron chi connectivity index (χ2n) is 7.67. The Morgan fingerprint density at radius 2 is 0.846 bits per heavy atom. The maximum absolute atomic E-state index is 9.91. The third-order valence-electron chi connectivity index (χ3n) is 4.90. The molecule has 160 valence electrons. The van der Waals surface area contributed by atoms with Crippen molar-refractivity contribution in [1.82, 2.24) is 0 Å². The lowest BCUT2D eigenvalue weighted by atomic mass is 10.1. The molecule has 4 heteroatoms. The van der Waals surface area contributed by atoms with Gasteiger partial charge in [0, 0.05) is 0 Å². The quantitative estimate of drug-likeness (QED) is 0.245. The zero-order chi connectivity index (χ0) is 18.6. The van der Waals surface area contributed by atoms with Crippen LogP contribution in [-0.4, -0.2) is 35.6 Å². The summed E-state index contributed by atoms with van der Waals surface area (Å²) in [6.45, 7) is 5.21. The lowest BCUT2D eigenvalue weighted by molar-refractivity contribution is -0.0129. The van der Waals surface area contributed by atoms with Gasteiger partial charge < -0.3 is 14.9 Å². The fourth-order valence-electron chi connectivity index (χ4n) is 3.18. The van der Waals surface area contributed by atoms with Gasteiger partial charge in [0.25, 0.3) is 0 Å². The van der Waals surface area contributed by atoms with E-state index in [9.17, 15) is 10.2 Å². The molecule has 0 rings (SSSR count). The number of aliphatic hydroxyl groups excluding tert-OH is 2. The Morgan fingerprint density at radius 1 is 0.538 bits per heavy atom. The maximum Gasteiger partial charge on any atom is 0.0773 e. The first-order valence-electron chi connectivity index (χ1n) is 11.1. The van der Waals surface area contributed by atoms with Crippen LogP contribution in [0.2, 0.25) is 0 Å². The van der Waals surface area contributed by atoms with Gasteiger partial charge in [-0.05, 0) is 12.8 Å². The van der Waals surface area contributed by atoms with Crippen LogP contribution in [0.4, 0.5) is 0 Å². The van der Waals surface area contributed by atoms with E-state index in [4.69, 9.17) is 4.74 Å². The van der Waals surface area contributed by atoms with Crippen molar-refractivity contribution in [1.29, 1.82) is 0 Å². The average molecular weight is 393 g/mol. The van der Waals surface area contributed by atoms with E-state index in [-0.39, 0.29) is 25.7 Å². The highest BCUT2D eigenvalue weighted by atomic mass is 32.1. The third-order valence-corrected chi connectivity index (χ3v) is 4.90. The van der Waals surface area contributed by atoms with Crippen molar-refractivity contribution in [2.75, 3.05) is 13.2 Å². The summed E-state index contributed by atoms with van der Waals surface area (Å²) >= 11 is 0. The van der Waals surface area contributed by atoms with Crippen LogP contribution in [0.25, 0.3) is 0 Å². The minimum atomic E-state index is -0.374. The van der Waals surface area contributed by atoms with Gasteiger partial charge in [-0.2, -0.15) is 13.5 Å². The first-order valence-corrected chi connectivity index (χ1v) is 11.1. The fraction of sp³-hybridized carbons (Fsp3) is 1.00. The highest BCUT2D eigenvalue weighted by Crippen LogP contribution is 2.11. The van der Waals surface area contributed by atoms with Crippen molar-refractivity contribution in [2.45, 2.75) is 129 Å². The number of ether oxygens (including phenoxy) is 1. The Bertz CT molecular complexity index is 228. The number of unbranched alkanes of at least 4 members (excludes halogenated alkanes) is 12. The summed E-state index contributed by atoms with van der Waals surface area (Å²) in [6, 6.07) is 0. The van der Waals surface area contributed by atoms with E-state index in [0.29, 0.717) is 13.2 Å². The summed E-state index contributed by atoms with van der Waals surface area (Å²) in [5.41, 5.74) is 0. The van der Waals surface area contributed by atoms with Crippen LogP contribution in [-0.2, 0) is 4.74 Å². The highest BCUT2D eigenvalue weighted by Gasteiger charge is 2.08. The maximum atomic E-state index is 9.91. The third kappa shape index (κ3) is 22.3. The van der Waals surface area contributed by atoms with Gasteiger partial charge in [0.05, 0.1) is 25.4 Å². The van der Waals surface area contributed by atoms with E-state index in [1.54, 1.807) is 0 Å². The van der Waals surface area contributed by atoms with E-state index < -0.39 is 0 Å². The van der Waals surface area contributed by atoms with E-state index in [1.807, 2.05) is 0 Å². The molecule has 0 radical (unpaired) electrons. The molecular weight excluding hydrogens is 344 g/mol. The summed E-state index contributed by atoms with van der Waals surface area (Å²) in [7, 11) is 0. The summed E-state index contributed by atoms with van der Waals surface area (Å²) in [4.78, 5) is 0. The minimum Gasteiger partial charge on any atom is -0.391 e. The highest BCUT2D eigenvalue weighted by molar-refractivity contribution is 7.59. The Hall–Kier alpha value is 0.230. The molecule has 0 fully saturated rings. The molecule has 3 nitrogen and oxygen atoms in total. The molecule has 0 aromatic rings. The van der Waals surface area contributed by atoms with Crippen molar-refractivity contribution < 1.29 is 14.9 Å². The smallest absolute Gasteiger partial charge is 0.0773 e. The Morgan fingerprint density at radius 3 is 1.19 bits per heavy atom. The SMILES string of the molecule is CCCCCCCCCC(O)COCC(O)CCCCCCCCC.S. The molecule has 2 atom stereocenters. The van der Waals surface area contributed by atoms with Gasteiger partial charge >= 0.3 is 0 Å². The van der Waals surface area contributed by atoms with Gasteiger partial charge in [0.2, 0.25) is 0 Å². The molecule has 26 heavy (non-hydrogen) atoms. The van der Waals surface area contributed by atoms with E-state index in [2.05, 4.69) is 13.8 Å². The Balaban J connectivity index is 0. The molecule has 0 saturated heterocycles. The summed E-state index contributed by atoms with van der Waals surface area (Å²) in [5.74, 6) is 0. The largest absolute Gasteiger partial charge is 0.391 e. The van der Waals surface area contributed by atoms with Crippen molar-refractivity contribution in [2.24, 2.45) is 0 Å². The monoisotopic (exact) mass is 392 g/mol. The molecule has 0 bridgehead atoms. The lowest BCUT2D eigenvalue weighted by Crippen LogP contribution is -2.21. The zero-order valence-electron chi connectivity index (χ0n) is 17.7. The Labute approximate surface area is 170 Å². The standard InChI is InChI=1S/C22H46O3.H2S/c1-3-5-7-9-11-13-15-17-21(23)19-25-20-22(24)18-16-14-12-10-8-6-4-2;/h21-24H,3-20H2,1-2H3;1H2. The molecule has 0 heterocycles. The van der Waals surface area contributed by atoms with Crippen LogP contribution in [0.3, 0.4) is 0 Å². The minimum absolute atomic E-state index is 0. The summed E-state index contributed by atoms with van der Waals surface area (Å²) in [6.07, 6.45) is 18.7. The summed E-state index contributed by atoms with van der Waals surface area (Å²) < 4.78 is 5.48. The number of hydrogen-bond acceptors (Lipinski definition) is 3. The fourth-order valence-corrected chi connectivity index (χ4v) is 3.18. The van der Waals surface area contributed by atoms with Crippen molar-refractivity contribution in [3.63, 3.8) is 0 Å². The molecule has 2 unspecified atom stereocenters. The second-order valence-corrected chi connectivity index (χ2v) is 7.67. The molecule has 0 spiro atoms. The van der Waals surface area contributed by atoms with Gasteiger partial charge in [-0.3, -0.25) is 0 Å². The Kier molecular flexibility index (Phi) is 25.5. The molecule has 2 N–H and O–H groups in total. The first kappa shape index (κ1) is 28.4. The van der Waals surface area contributed by atoms with Gasteiger partial charge in [0.15, 0.2) is 0 Å². The number of rotatable bonds is 20. The van der Waals surface area contributed by atoms with Crippen LogP contribution in [0.15, 0.2) is 0 Å². The van der Waals surface area contributed by atoms with Crippen LogP contribution >= 0.6 is 13.5 Å². The van der Waals surface area contributed by atoms with Crippen molar-refractivity contribution in [3.05, 3.63) is 0 Å².